The van der Waals surface area contributed by atoms with Gasteiger partial charge in [0.2, 0.25) is 0 Å². The molecule has 38 heavy (non-hydrogen) atoms. The Labute approximate surface area is 225 Å². The van der Waals surface area contributed by atoms with Gasteiger partial charge >= 0.3 is 18.4 Å². The molecule has 3 aromatic carbocycles. The SMILES string of the molecule is O=C(Nc1ccc(C(F)(F)F)cc1Cl)Nc1cc(C(F)(F)F)ccc1Oc1cc(Cl)c(Cl)cc1S(=O)(=O)O. The van der Waals surface area contributed by atoms with Gasteiger partial charge in [0.1, 0.15) is 10.6 Å². The quantitative estimate of drug-likeness (QED) is 0.196. The average Bonchev–Trinajstić information content (AvgIpc) is 2.76. The largest absolute Gasteiger partial charge is 0.454 e. The van der Waals surface area contributed by atoms with Crippen LogP contribution in [-0.2, 0) is 22.5 Å². The molecule has 0 saturated carbocycles. The van der Waals surface area contributed by atoms with Gasteiger partial charge in [0.25, 0.3) is 10.1 Å². The monoisotopic (exact) mass is 622 g/mol. The highest BCUT2D eigenvalue weighted by Gasteiger charge is 2.33. The van der Waals surface area contributed by atoms with E-state index < -0.39 is 66.7 Å². The number of nitrogens with one attached hydrogen (secondary N) is 2. The second kappa shape index (κ2) is 10.7. The molecule has 0 spiro atoms. The zero-order valence-corrected chi connectivity index (χ0v) is 21.1. The van der Waals surface area contributed by atoms with Gasteiger partial charge < -0.3 is 15.4 Å². The van der Waals surface area contributed by atoms with E-state index in [0.29, 0.717) is 24.3 Å². The molecular formula is C21H11Cl3F6N2O5S. The Balaban J connectivity index is 1.99. The number of hydrogen-bond donors (Lipinski definition) is 3. The number of benzene rings is 3. The minimum atomic E-state index is -4.96. The van der Waals surface area contributed by atoms with Crippen molar-refractivity contribution in [2.75, 3.05) is 10.6 Å². The van der Waals surface area contributed by atoms with Gasteiger partial charge in [-0.15, -0.1) is 0 Å². The van der Waals surface area contributed by atoms with Gasteiger partial charge in [-0.25, -0.2) is 4.79 Å². The standard InChI is InChI=1S/C21H11Cl3F6N2O5S/c22-11-7-17(18(8-12(11)23)38(34,35)36)37-16-4-2-10(21(28,29)30)6-15(16)32-19(33)31-14-3-1-9(5-13(14)24)20(25,26)27/h1-8H,(H2,31,32,33)(H,34,35,36). The molecule has 3 rings (SSSR count). The molecule has 0 aliphatic rings. The van der Waals surface area contributed by atoms with Crippen molar-refractivity contribution >= 4 is 62.3 Å². The van der Waals surface area contributed by atoms with Crippen LogP contribution in [0.3, 0.4) is 0 Å². The number of anilines is 2. The van der Waals surface area contributed by atoms with E-state index in [-0.39, 0.29) is 15.7 Å². The predicted octanol–water partition coefficient (Wildman–Crippen LogP) is 8.37. The number of rotatable bonds is 5. The van der Waals surface area contributed by atoms with Gasteiger partial charge in [-0.3, -0.25) is 4.55 Å². The number of carbonyl (C=O) groups excluding carboxylic acids is 1. The van der Waals surface area contributed by atoms with Crippen LogP contribution in [0.4, 0.5) is 42.5 Å². The van der Waals surface area contributed by atoms with E-state index in [4.69, 9.17) is 39.5 Å². The van der Waals surface area contributed by atoms with Gasteiger partial charge in [-0.1, -0.05) is 34.8 Å². The Kier molecular flexibility index (Phi) is 8.34. The molecule has 0 saturated heterocycles. The fourth-order valence-corrected chi connectivity index (χ4v) is 4.10. The van der Waals surface area contributed by atoms with Gasteiger partial charge in [0.15, 0.2) is 5.75 Å². The van der Waals surface area contributed by atoms with Gasteiger partial charge in [0, 0.05) is 6.07 Å². The molecule has 0 atom stereocenters. The second-order valence-electron chi connectivity index (χ2n) is 7.27. The third-order valence-electron chi connectivity index (χ3n) is 4.58. The van der Waals surface area contributed by atoms with Crippen molar-refractivity contribution in [3.05, 3.63) is 74.7 Å². The zero-order chi connectivity index (χ0) is 28.6. The van der Waals surface area contributed by atoms with Crippen LogP contribution in [0.25, 0.3) is 0 Å². The van der Waals surface area contributed by atoms with Crippen LogP contribution in [0.2, 0.25) is 15.1 Å². The summed E-state index contributed by atoms with van der Waals surface area (Å²) in [6, 6.07) is 4.02. The lowest BCUT2D eigenvalue weighted by Gasteiger charge is -2.17. The summed E-state index contributed by atoms with van der Waals surface area (Å²) < 4.78 is 117. The molecule has 0 unspecified atom stereocenters. The first kappa shape index (κ1) is 29.6. The van der Waals surface area contributed by atoms with E-state index >= 15 is 0 Å². The highest BCUT2D eigenvalue weighted by Crippen LogP contribution is 2.41. The Morgan fingerprint density at radius 2 is 1.26 bits per heavy atom. The molecular weight excluding hydrogens is 613 g/mol. The Morgan fingerprint density at radius 1 is 0.737 bits per heavy atom. The first-order valence-electron chi connectivity index (χ1n) is 9.66. The normalized spacial score (nSPS) is 12.3. The molecule has 17 heteroatoms. The summed E-state index contributed by atoms with van der Waals surface area (Å²) in [5.41, 5.74) is -3.34. The maximum absolute atomic E-state index is 13.3. The predicted molar refractivity (Wildman–Crippen MR) is 127 cm³/mol. The minimum absolute atomic E-state index is 0.245. The molecule has 0 aliphatic heterocycles. The van der Waals surface area contributed by atoms with E-state index in [9.17, 15) is 44.1 Å². The van der Waals surface area contributed by atoms with Gasteiger partial charge in [-0.2, -0.15) is 34.8 Å². The number of alkyl halides is 6. The molecule has 204 valence electrons. The van der Waals surface area contributed by atoms with Gasteiger partial charge in [0.05, 0.1) is 37.6 Å². The molecule has 3 N–H and O–H groups in total. The van der Waals surface area contributed by atoms with Crippen molar-refractivity contribution in [3.63, 3.8) is 0 Å². The first-order valence-corrected chi connectivity index (χ1v) is 12.2. The van der Waals surface area contributed by atoms with Crippen LogP contribution in [0.15, 0.2) is 53.4 Å². The topological polar surface area (TPSA) is 105 Å². The molecule has 0 fully saturated rings. The van der Waals surface area contributed by atoms with Crippen molar-refractivity contribution in [2.24, 2.45) is 0 Å². The van der Waals surface area contributed by atoms with Crippen LogP contribution in [0.1, 0.15) is 11.1 Å². The highest BCUT2D eigenvalue weighted by molar-refractivity contribution is 7.86. The molecule has 7 nitrogen and oxygen atoms in total. The van der Waals surface area contributed by atoms with E-state index in [1.165, 1.54) is 0 Å². The van der Waals surface area contributed by atoms with E-state index in [2.05, 4.69) is 5.32 Å². The molecule has 2 amide bonds. The van der Waals surface area contributed by atoms with Crippen LogP contribution in [-0.4, -0.2) is 19.0 Å². The third kappa shape index (κ3) is 7.14. The van der Waals surface area contributed by atoms with Crippen molar-refractivity contribution in [1.29, 1.82) is 0 Å². The summed E-state index contributed by atoms with van der Waals surface area (Å²) in [7, 11) is -4.96. The number of hydrogen-bond acceptors (Lipinski definition) is 4. The van der Waals surface area contributed by atoms with Crippen molar-refractivity contribution in [1.82, 2.24) is 0 Å². The van der Waals surface area contributed by atoms with Crippen LogP contribution >= 0.6 is 34.8 Å². The third-order valence-corrected chi connectivity index (χ3v) is 6.49. The number of ether oxygens (including phenoxy) is 1. The smallest absolute Gasteiger partial charge is 0.416 e. The summed E-state index contributed by atoms with van der Waals surface area (Å²) in [4.78, 5) is 11.6. The summed E-state index contributed by atoms with van der Waals surface area (Å²) in [6.07, 6.45) is -9.61. The molecule has 0 heterocycles. The Hall–Kier alpha value is -2.91. The van der Waals surface area contributed by atoms with Crippen molar-refractivity contribution < 1.29 is 48.8 Å². The summed E-state index contributed by atoms with van der Waals surface area (Å²) in [5, 5.41) is 3.03. The van der Waals surface area contributed by atoms with E-state index in [1.807, 2.05) is 5.32 Å². The second-order valence-corrected chi connectivity index (χ2v) is 9.88. The maximum Gasteiger partial charge on any atom is 0.416 e. The number of carbonyl (C=O) groups is 1. The van der Waals surface area contributed by atoms with Crippen molar-refractivity contribution in [3.8, 4) is 11.5 Å². The lowest BCUT2D eigenvalue weighted by atomic mass is 10.1. The molecule has 0 aliphatic carbocycles. The lowest BCUT2D eigenvalue weighted by molar-refractivity contribution is -0.138. The van der Waals surface area contributed by atoms with Gasteiger partial charge in [-0.05, 0) is 42.5 Å². The summed E-state index contributed by atoms with van der Waals surface area (Å²) in [5.74, 6) is -1.20. The molecule has 3 aromatic rings. The fraction of sp³-hybridized carbons (Fsp3) is 0.0952. The van der Waals surface area contributed by atoms with Crippen LogP contribution in [0.5, 0.6) is 11.5 Å². The van der Waals surface area contributed by atoms with E-state index in [0.717, 1.165) is 24.3 Å². The Bertz CT molecular complexity index is 1510. The number of amides is 2. The molecule has 0 bridgehead atoms. The lowest BCUT2D eigenvalue weighted by Crippen LogP contribution is -2.21. The Morgan fingerprint density at radius 3 is 1.82 bits per heavy atom. The molecule has 0 aromatic heterocycles. The van der Waals surface area contributed by atoms with Crippen LogP contribution in [0, 0.1) is 0 Å². The average molecular weight is 624 g/mol. The summed E-state index contributed by atoms with van der Waals surface area (Å²) >= 11 is 17.4. The zero-order valence-electron chi connectivity index (χ0n) is 18.0. The number of urea groups is 1. The summed E-state index contributed by atoms with van der Waals surface area (Å²) in [6.45, 7) is 0. The highest BCUT2D eigenvalue weighted by atomic mass is 35.5. The fourth-order valence-electron chi connectivity index (χ4n) is 2.87. The number of halogens is 9. The molecule has 0 radical (unpaired) electrons. The van der Waals surface area contributed by atoms with E-state index in [1.54, 1.807) is 0 Å². The maximum atomic E-state index is 13.3. The minimum Gasteiger partial charge on any atom is -0.454 e. The first-order chi connectivity index (χ1) is 17.4. The van der Waals surface area contributed by atoms with Crippen molar-refractivity contribution in [2.45, 2.75) is 17.2 Å². The van der Waals surface area contributed by atoms with Crippen LogP contribution < -0.4 is 15.4 Å².